The number of imide groups is 1. The minimum absolute atomic E-state index is 0.000154. The van der Waals surface area contributed by atoms with Crippen LogP contribution in [0.15, 0.2) is 60.7 Å². The Morgan fingerprint density at radius 3 is 2.65 bits per heavy atom. The number of nitrogens with one attached hydrogen (secondary N) is 2. The summed E-state index contributed by atoms with van der Waals surface area (Å²) in [5.74, 6) is -0.711. The number of hydrogen-bond donors (Lipinski definition) is 2. The van der Waals surface area contributed by atoms with Crippen molar-refractivity contribution >= 4 is 28.8 Å². The molecule has 2 fully saturated rings. The standard InChI is InChI=1S/C26H27N3O5/c1-17-8-7-13-29(17,24(31)21-14-19-11-5-6-12-20(19)27-21)26(32)28-22-15-23(30)34-25(22)33-16-18-9-3-2-4-10-18/h2-6,9-12,14,17,22,25H,7-8,13,15-16H2,1H3,(H-,27,28,31,32)/p+1/t17-,22?,25?,29?/m1/s1. The number of nitrogens with zero attached hydrogens (tertiary/aromatic N) is 1. The second-order valence-corrected chi connectivity index (χ2v) is 9.07. The van der Waals surface area contributed by atoms with Crippen LogP contribution in [0.3, 0.4) is 0 Å². The van der Waals surface area contributed by atoms with Gasteiger partial charge in [-0.25, -0.2) is 9.59 Å². The fourth-order valence-corrected chi connectivity index (χ4v) is 5.01. The zero-order chi connectivity index (χ0) is 23.7. The zero-order valence-electron chi connectivity index (χ0n) is 19.0. The zero-order valence-corrected chi connectivity index (χ0v) is 19.0. The van der Waals surface area contributed by atoms with Crippen molar-refractivity contribution in [2.45, 2.75) is 51.2 Å². The summed E-state index contributed by atoms with van der Waals surface area (Å²) in [6.07, 6.45) is 0.611. The molecular weight excluding hydrogens is 434 g/mol. The van der Waals surface area contributed by atoms with Gasteiger partial charge in [0.15, 0.2) is 0 Å². The van der Waals surface area contributed by atoms with Gasteiger partial charge in [0.25, 0.3) is 0 Å². The lowest BCUT2D eigenvalue weighted by Crippen LogP contribution is -2.64. The lowest BCUT2D eigenvalue weighted by atomic mass is 10.2. The summed E-state index contributed by atoms with van der Waals surface area (Å²) < 4.78 is 10.8. The van der Waals surface area contributed by atoms with Crippen LogP contribution in [0, 0.1) is 0 Å². The molecule has 2 saturated heterocycles. The Labute approximate surface area is 197 Å². The van der Waals surface area contributed by atoms with E-state index < -0.39 is 24.3 Å². The predicted octanol–water partition coefficient (Wildman–Crippen LogP) is 3.88. The van der Waals surface area contributed by atoms with Crippen molar-refractivity contribution in [1.82, 2.24) is 10.3 Å². The Kier molecular flexibility index (Phi) is 5.93. The SMILES string of the molecule is C[C@@H]1CCC[N+]1(C(=O)NC1CC(=O)OC1OCc1ccccc1)C(=O)c1cc2ccccc2[nH]1. The van der Waals surface area contributed by atoms with E-state index in [4.69, 9.17) is 9.47 Å². The van der Waals surface area contributed by atoms with Gasteiger partial charge in [0, 0.05) is 23.7 Å². The quantitative estimate of drug-likeness (QED) is 0.443. The van der Waals surface area contributed by atoms with Gasteiger partial charge < -0.3 is 14.5 Å². The molecule has 5 rings (SSSR count). The number of hydrogen-bond acceptors (Lipinski definition) is 5. The minimum atomic E-state index is -0.905. The van der Waals surface area contributed by atoms with Crippen LogP contribution in [0.1, 0.15) is 42.2 Å². The van der Waals surface area contributed by atoms with Gasteiger partial charge in [-0.05, 0) is 24.6 Å². The first-order valence-electron chi connectivity index (χ1n) is 11.6. The molecule has 3 heterocycles. The molecule has 0 bridgehead atoms. The number of benzene rings is 2. The minimum Gasteiger partial charge on any atom is -0.433 e. The van der Waals surface area contributed by atoms with Gasteiger partial charge in [-0.15, -0.1) is 0 Å². The first kappa shape index (κ1) is 22.3. The van der Waals surface area contributed by atoms with Crippen LogP contribution in [-0.2, 0) is 20.9 Å². The van der Waals surface area contributed by atoms with Gasteiger partial charge in [0.1, 0.15) is 17.8 Å². The Bertz CT molecular complexity index is 1190. The Balaban J connectivity index is 1.36. The Morgan fingerprint density at radius 1 is 1.15 bits per heavy atom. The number of amides is 3. The van der Waals surface area contributed by atoms with E-state index in [1.54, 1.807) is 6.07 Å². The molecule has 3 aromatic rings. The summed E-state index contributed by atoms with van der Waals surface area (Å²) in [6, 6.07) is 17.7. The van der Waals surface area contributed by atoms with Gasteiger partial charge in [-0.2, -0.15) is 4.48 Å². The lowest BCUT2D eigenvalue weighted by Gasteiger charge is -2.33. The third-order valence-corrected chi connectivity index (χ3v) is 6.90. The maximum Gasteiger partial charge on any atom is 0.425 e. The number of carbonyl (C=O) groups excluding carboxylic acids is 3. The number of aromatic amines is 1. The molecule has 4 atom stereocenters. The lowest BCUT2D eigenvalue weighted by molar-refractivity contribution is -0.778. The normalized spacial score (nSPS) is 26.5. The van der Waals surface area contributed by atoms with Crippen LogP contribution in [-0.4, -0.2) is 52.3 Å². The molecule has 0 radical (unpaired) electrons. The molecule has 8 heteroatoms. The largest absolute Gasteiger partial charge is 0.433 e. The average molecular weight is 463 g/mol. The maximum atomic E-state index is 13.8. The molecule has 0 spiro atoms. The molecule has 0 saturated carbocycles. The van der Waals surface area contributed by atoms with Crippen molar-refractivity contribution in [3.05, 3.63) is 71.9 Å². The van der Waals surface area contributed by atoms with Crippen LogP contribution in [0.5, 0.6) is 0 Å². The van der Waals surface area contributed by atoms with Gasteiger partial charge >= 0.3 is 17.9 Å². The van der Waals surface area contributed by atoms with E-state index in [9.17, 15) is 14.4 Å². The van der Waals surface area contributed by atoms with Crippen molar-refractivity contribution in [2.75, 3.05) is 6.54 Å². The van der Waals surface area contributed by atoms with E-state index >= 15 is 0 Å². The molecule has 2 aromatic carbocycles. The van der Waals surface area contributed by atoms with E-state index in [1.807, 2.05) is 61.5 Å². The van der Waals surface area contributed by atoms with E-state index in [0.717, 1.165) is 29.3 Å². The molecule has 1 aromatic heterocycles. The highest BCUT2D eigenvalue weighted by Gasteiger charge is 2.55. The number of carbonyl (C=O) groups is 3. The predicted molar refractivity (Wildman–Crippen MR) is 125 cm³/mol. The molecule has 3 amide bonds. The smallest absolute Gasteiger partial charge is 0.425 e. The number of cyclic esters (lactones) is 1. The fraction of sp³-hybridized carbons (Fsp3) is 0.346. The molecule has 3 unspecified atom stereocenters. The summed E-state index contributed by atoms with van der Waals surface area (Å²) in [4.78, 5) is 42.7. The summed E-state index contributed by atoms with van der Waals surface area (Å²) >= 11 is 0. The number of para-hydroxylation sites is 1. The second kappa shape index (κ2) is 9.04. The topological polar surface area (TPSA) is 97.5 Å². The van der Waals surface area contributed by atoms with Crippen molar-refractivity contribution < 1.29 is 28.3 Å². The van der Waals surface area contributed by atoms with Gasteiger partial charge in [-0.3, -0.25) is 10.1 Å². The molecule has 176 valence electrons. The Hall–Kier alpha value is -3.49. The van der Waals surface area contributed by atoms with Crippen LogP contribution in [0.2, 0.25) is 0 Å². The highest BCUT2D eigenvalue weighted by molar-refractivity contribution is 5.99. The molecule has 34 heavy (non-hydrogen) atoms. The number of ether oxygens (including phenoxy) is 2. The first-order chi connectivity index (χ1) is 16.5. The van der Waals surface area contributed by atoms with Crippen molar-refractivity contribution in [2.24, 2.45) is 0 Å². The maximum absolute atomic E-state index is 13.8. The van der Waals surface area contributed by atoms with E-state index in [1.165, 1.54) is 0 Å². The summed E-state index contributed by atoms with van der Waals surface area (Å²) in [5.41, 5.74) is 2.18. The highest BCUT2D eigenvalue weighted by Crippen LogP contribution is 2.32. The molecule has 2 aliphatic rings. The summed E-state index contributed by atoms with van der Waals surface area (Å²) in [7, 11) is 0. The van der Waals surface area contributed by atoms with Crippen molar-refractivity contribution in [1.29, 1.82) is 0 Å². The number of urea groups is 1. The van der Waals surface area contributed by atoms with Crippen LogP contribution in [0.25, 0.3) is 10.9 Å². The highest BCUT2D eigenvalue weighted by atomic mass is 16.7. The molecule has 2 aliphatic heterocycles. The number of rotatable bonds is 5. The third-order valence-electron chi connectivity index (χ3n) is 6.90. The summed E-state index contributed by atoms with van der Waals surface area (Å²) in [6.45, 7) is 2.57. The molecule has 8 nitrogen and oxygen atoms in total. The second-order valence-electron chi connectivity index (χ2n) is 9.07. The fourth-order valence-electron chi connectivity index (χ4n) is 5.01. The van der Waals surface area contributed by atoms with Gasteiger partial charge in [0.05, 0.1) is 19.6 Å². The first-order valence-corrected chi connectivity index (χ1v) is 11.6. The van der Waals surface area contributed by atoms with Crippen LogP contribution < -0.4 is 5.32 Å². The van der Waals surface area contributed by atoms with E-state index in [-0.39, 0.29) is 29.5 Å². The van der Waals surface area contributed by atoms with Crippen LogP contribution >= 0.6 is 0 Å². The molecular formula is C26H28N3O5+. The van der Waals surface area contributed by atoms with Crippen molar-refractivity contribution in [3.8, 4) is 0 Å². The molecule has 0 aliphatic carbocycles. The number of esters is 1. The average Bonchev–Trinajstić information content (AvgIpc) is 3.54. The van der Waals surface area contributed by atoms with E-state index in [0.29, 0.717) is 12.2 Å². The van der Waals surface area contributed by atoms with Gasteiger partial charge in [-0.1, -0.05) is 48.5 Å². The summed E-state index contributed by atoms with van der Waals surface area (Å²) in [5, 5.41) is 3.84. The van der Waals surface area contributed by atoms with Gasteiger partial charge in [0.2, 0.25) is 6.29 Å². The number of quaternary nitrogens is 1. The Morgan fingerprint density at radius 2 is 1.91 bits per heavy atom. The number of aromatic nitrogens is 1. The van der Waals surface area contributed by atoms with Crippen LogP contribution in [0.4, 0.5) is 4.79 Å². The van der Waals surface area contributed by atoms with Crippen molar-refractivity contribution in [3.63, 3.8) is 0 Å². The third kappa shape index (κ3) is 3.99. The number of H-pyrrole nitrogens is 1. The monoisotopic (exact) mass is 462 g/mol. The number of likely N-dealkylation sites (tertiary alicyclic amines) is 1. The number of fused-ring (bicyclic) bond motifs is 1. The van der Waals surface area contributed by atoms with E-state index in [2.05, 4.69) is 10.3 Å². The molecule has 2 N–H and O–H groups in total.